The highest BCUT2D eigenvalue weighted by Crippen LogP contribution is 2.43. The number of aromatic nitrogens is 2. The van der Waals surface area contributed by atoms with Crippen molar-refractivity contribution in [1.82, 2.24) is 10.1 Å². The minimum atomic E-state index is -0.525. The van der Waals surface area contributed by atoms with Crippen LogP contribution in [0.2, 0.25) is 0 Å². The Balaban J connectivity index is 2.22. The highest BCUT2D eigenvalue weighted by Gasteiger charge is 2.41. The number of methoxy groups -OCH3 is 1. The molecule has 2 atom stereocenters. The third-order valence-electron chi connectivity index (χ3n) is 4.20. The molecule has 0 bridgehead atoms. The Hall–Kier alpha value is -2.76. The summed E-state index contributed by atoms with van der Waals surface area (Å²) in [6.45, 7) is 5.49. The second-order valence-electron chi connectivity index (χ2n) is 5.79. The van der Waals surface area contributed by atoms with Gasteiger partial charge in [0.2, 0.25) is 0 Å². The molecular weight excluding hydrogens is 306 g/mol. The van der Waals surface area contributed by atoms with E-state index in [1.54, 1.807) is 6.92 Å². The topological polar surface area (TPSA) is 77.6 Å². The van der Waals surface area contributed by atoms with Crippen LogP contribution in [0.1, 0.15) is 37.0 Å². The number of ether oxygens (including phenoxy) is 1. The molecule has 24 heavy (non-hydrogen) atoms. The van der Waals surface area contributed by atoms with E-state index in [1.165, 1.54) is 7.11 Å². The summed E-state index contributed by atoms with van der Waals surface area (Å²) in [5.41, 5.74) is 3.23. The SMILES string of the molecule is COC(=O)C1C(C)=NC(C)=C(c2nc(C)no2)C1c1ccccc1. The Kier molecular flexibility index (Phi) is 4.29. The van der Waals surface area contributed by atoms with Crippen molar-refractivity contribution < 1.29 is 14.1 Å². The van der Waals surface area contributed by atoms with Crippen molar-refractivity contribution in [3.05, 3.63) is 53.3 Å². The molecule has 2 unspecified atom stereocenters. The maximum Gasteiger partial charge on any atom is 0.315 e. The fourth-order valence-corrected chi connectivity index (χ4v) is 3.17. The second-order valence-corrected chi connectivity index (χ2v) is 5.79. The quantitative estimate of drug-likeness (QED) is 0.810. The van der Waals surface area contributed by atoms with E-state index in [0.29, 0.717) is 17.4 Å². The average molecular weight is 325 g/mol. The van der Waals surface area contributed by atoms with E-state index < -0.39 is 5.92 Å². The van der Waals surface area contributed by atoms with Crippen LogP contribution >= 0.6 is 0 Å². The van der Waals surface area contributed by atoms with E-state index in [1.807, 2.05) is 44.2 Å². The molecule has 0 fully saturated rings. The molecule has 1 aliphatic rings. The predicted octanol–water partition coefficient (Wildman–Crippen LogP) is 3.16. The standard InChI is InChI=1S/C18H19N3O3/c1-10-14(17-20-12(3)21-24-17)16(13-8-6-5-7-9-13)15(11(2)19-10)18(22)23-4/h5-9,15-16H,1-4H3. The zero-order chi connectivity index (χ0) is 17.3. The van der Waals surface area contributed by atoms with E-state index >= 15 is 0 Å². The summed E-state index contributed by atoms with van der Waals surface area (Å²) in [5, 5.41) is 3.88. The Morgan fingerprint density at radius 2 is 1.88 bits per heavy atom. The lowest BCUT2D eigenvalue weighted by Gasteiger charge is -2.30. The Morgan fingerprint density at radius 3 is 2.46 bits per heavy atom. The van der Waals surface area contributed by atoms with E-state index in [4.69, 9.17) is 9.26 Å². The van der Waals surface area contributed by atoms with E-state index in [-0.39, 0.29) is 11.9 Å². The lowest BCUT2D eigenvalue weighted by atomic mass is 9.75. The van der Waals surface area contributed by atoms with E-state index in [9.17, 15) is 4.79 Å². The first kappa shape index (κ1) is 16.1. The number of aryl methyl sites for hydroxylation is 1. The van der Waals surface area contributed by atoms with Gasteiger partial charge in [-0.15, -0.1) is 0 Å². The molecule has 1 aromatic carbocycles. The van der Waals surface area contributed by atoms with Gasteiger partial charge in [-0.05, 0) is 26.3 Å². The van der Waals surface area contributed by atoms with Crippen LogP contribution in [-0.2, 0) is 9.53 Å². The number of carbonyl (C=O) groups excluding carboxylic acids is 1. The van der Waals surface area contributed by atoms with Crippen molar-refractivity contribution in [2.24, 2.45) is 10.9 Å². The normalized spacial score (nSPS) is 20.8. The lowest BCUT2D eigenvalue weighted by Crippen LogP contribution is -2.33. The molecule has 2 heterocycles. The minimum Gasteiger partial charge on any atom is -0.468 e. The first-order chi connectivity index (χ1) is 11.5. The van der Waals surface area contributed by atoms with Crippen LogP contribution in [0.5, 0.6) is 0 Å². The molecule has 1 aromatic heterocycles. The first-order valence-corrected chi connectivity index (χ1v) is 7.72. The summed E-state index contributed by atoms with van der Waals surface area (Å²) in [5.74, 6) is -0.201. The van der Waals surface area contributed by atoms with Crippen LogP contribution in [0.3, 0.4) is 0 Å². The Bertz CT molecular complexity index is 821. The molecule has 0 radical (unpaired) electrons. The molecule has 124 valence electrons. The molecule has 6 nitrogen and oxygen atoms in total. The van der Waals surface area contributed by atoms with Gasteiger partial charge in [0, 0.05) is 22.9 Å². The summed E-state index contributed by atoms with van der Waals surface area (Å²) < 4.78 is 10.4. The van der Waals surface area contributed by atoms with Crippen molar-refractivity contribution in [2.45, 2.75) is 26.7 Å². The number of aliphatic imine (C=N–C) groups is 1. The van der Waals surface area contributed by atoms with Crippen molar-refractivity contribution in [1.29, 1.82) is 0 Å². The van der Waals surface area contributed by atoms with Crippen molar-refractivity contribution >= 4 is 17.3 Å². The van der Waals surface area contributed by atoms with Gasteiger partial charge in [0.25, 0.3) is 5.89 Å². The molecule has 0 saturated carbocycles. The largest absolute Gasteiger partial charge is 0.468 e. The Labute approximate surface area is 140 Å². The number of carbonyl (C=O) groups is 1. The van der Waals surface area contributed by atoms with Gasteiger partial charge >= 0.3 is 5.97 Å². The molecule has 2 aromatic rings. The predicted molar refractivity (Wildman–Crippen MR) is 89.4 cm³/mol. The average Bonchev–Trinajstić information content (AvgIpc) is 3.00. The molecule has 0 aliphatic carbocycles. The number of benzene rings is 1. The summed E-state index contributed by atoms with van der Waals surface area (Å²) in [6, 6.07) is 9.78. The zero-order valence-corrected chi connectivity index (χ0v) is 14.1. The number of esters is 1. The summed E-state index contributed by atoms with van der Waals surface area (Å²) in [7, 11) is 1.39. The van der Waals surface area contributed by atoms with Gasteiger partial charge < -0.3 is 9.26 Å². The number of hydrogen-bond donors (Lipinski definition) is 0. The van der Waals surface area contributed by atoms with E-state index in [0.717, 1.165) is 16.8 Å². The highest BCUT2D eigenvalue weighted by atomic mass is 16.5. The van der Waals surface area contributed by atoms with Crippen LogP contribution in [0.25, 0.3) is 5.57 Å². The van der Waals surface area contributed by atoms with Crippen LogP contribution in [-0.4, -0.2) is 28.9 Å². The van der Waals surface area contributed by atoms with Crippen LogP contribution < -0.4 is 0 Å². The van der Waals surface area contributed by atoms with Crippen molar-refractivity contribution in [2.75, 3.05) is 7.11 Å². The molecule has 0 N–H and O–H groups in total. The number of allylic oxidation sites excluding steroid dienone is 2. The summed E-state index contributed by atoms with van der Waals surface area (Å²) >= 11 is 0. The molecule has 0 spiro atoms. The van der Waals surface area contributed by atoms with Crippen LogP contribution in [0.4, 0.5) is 0 Å². The fraction of sp³-hybridized carbons (Fsp3) is 0.333. The monoisotopic (exact) mass is 325 g/mol. The molecule has 1 aliphatic heterocycles. The third kappa shape index (κ3) is 2.75. The zero-order valence-electron chi connectivity index (χ0n) is 14.1. The maximum atomic E-state index is 12.5. The number of rotatable bonds is 3. The van der Waals surface area contributed by atoms with E-state index in [2.05, 4.69) is 15.1 Å². The van der Waals surface area contributed by atoms with Crippen LogP contribution in [0.15, 0.2) is 45.5 Å². The van der Waals surface area contributed by atoms with Gasteiger partial charge in [-0.1, -0.05) is 35.5 Å². The fourth-order valence-electron chi connectivity index (χ4n) is 3.17. The van der Waals surface area contributed by atoms with Gasteiger partial charge in [0.1, 0.15) is 5.92 Å². The van der Waals surface area contributed by atoms with Crippen molar-refractivity contribution in [3.63, 3.8) is 0 Å². The summed E-state index contributed by atoms with van der Waals surface area (Å²) in [4.78, 5) is 21.3. The minimum absolute atomic E-state index is 0.281. The van der Waals surface area contributed by atoms with Gasteiger partial charge in [-0.3, -0.25) is 9.79 Å². The first-order valence-electron chi connectivity index (χ1n) is 7.72. The maximum absolute atomic E-state index is 12.5. The van der Waals surface area contributed by atoms with Gasteiger partial charge in [0.15, 0.2) is 5.82 Å². The highest BCUT2D eigenvalue weighted by molar-refractivity contribution is 6.06. The third-order valence-corrected chi connectivity index (χ3v) is 4.20. The number of nitrogens with zero attached hydrogens (tertiary/aromatic N) is 3. The van der Waals surface area contributed by atoms with Gasteiger partial charge in [-0.2, -0.15) is 4.98 Å². The summed E-state index contributed by atoms with van der Waals surface area (Å²) in [6.07, 6.45) is 0. The lowest BCUT2D eigenvalue weighted by molar-refractivity contribution is -0.143. The molecule has 0 amide bonds. The second kappa shape index (κ2) is 6.39. The smallest absolute Gasteiger partial charge is 0.315 e. The Morgan fingerprint density at radius 1 is 1.17 bits per heavy atom. The number of hydrogen-bond acceptors (Lipinski definition) is 6. The molecule has 6 heteroatoms. The van der Waals surface area contributed by atoms with Crippen molar-refractivity contribution in [3.8, 4) is 0 Å². The molecular formula is C18H19N3O3. The molecule has 0 saturated heterocycles. The molecule has 3 rings (SSSR count). The van der Waals surface area contributed by atoms with Gasteiger partial charge in [-0.25, -0.2) is 0 Å². The van der Waals surface area contributed by atoms with Crippen LogP contribution in [0, 0.1) is 12.8 Å². The van der Waals surface area contributed by atoms with Gasteiger partial charge in [0.05, 0.1) is 7.11 Å².